The van der Waals surface area contributed by atoms with Crippen molar-refractivity contribution in [3.63, 3.8) is 0 Å². The van der Waals surface area contributed by atoms with Crippen LogP contribution >= 0.6 is 0 Å². The lowest BCUT2D eigenvalue weighted by Gasteiger charge is -2.19. The Labute approximate surface area is 111 Å². The van der Waals surface area contributed by atoms with Gasteiger partial charge in [0.05, 0.1) is 17.7 Å². The fourth-order valence-corrected chi connectivity index (χ4v) is 2.11. The lowest BCUT2D eigenvalue weighted by molar-refractivity contribution is -0.116. The number of pyridine rings is 1. The van der Waals surface area contributed by atoms with E-state index in [-0.39, 0.29) is 12.5 Å². The van der Waals surface area contributed by atoms with Gasteiger partial charge in [0, 0.05) is 13.2 Å². The minimum Gasteiger partial charge on any atom is -0.368 e. The van der Waals surface area contributed by atoms with Crippen LogP contribution in [0.5, 0.6) is 0 Å². The molecule has 0 aliphatic heterocycles. The third kappa shape index (κ3) is 2.48. The van der Waals surface area contributed by atoms with E-state index in [1.165, 1.54) is 11.1 Å². The van der Waals surface area contributed by atoms with Gasteiger partial charge in [-0.05, 0) is 24.3 Å². The first-order valence-electron chi connectivity index (χ1n) is 5.91. The van der Waals surface area contributed by atoms with Crippen LogP contribution in [0.4, 0.5) is 5.82 Å². The van der Waals surface area contributed by atoms with E-state index in [1.807, 2.05) is 0 Å². The van der Waals surface area contributed by atoms with Crippen LogP contribution in [0.25, 0.3) is 0 Å². The third-order valence-corrected chi connectivity index (χ3v) is 3.07. The number of amides is 1. The van der Waals surface area contributed by atoms with Gasteiger partial charge in [-0.25, -0.2) is 4.98 Å². The molecule has 0 saturated heterocycles. The largest absolute Gasteiger partial charge is 0.368 e. The number of carbonyl (C=O) groups is 1. The van der Waals surface area contributed by atoms with Crippen molar-refractivity contribution in [2.75, 3.05) is 18.5 Å². The summed E-state index contributed by atoms with van der Waals surface area (Å²) in [5.74, 6) is 0.167. The fraction of sp³-hybridized carbons (Fsp3) is 0.385. The Hall–Kier alpha value is -2.60. The number of primary amides is 1. The summed E-state index contributed by atoms with van der Waals surface area (Å²) in [6.07, 6.45) is 3.42. The average molecular weight is 255 g/mol. The van der Waals surface area contributed by atoms with Crippen LogP contribution in [0.15, 0.2) is 6.20 Å². The van der Waals surface area contributed by atoms with Gasteiger partial charge in [0.1, 0.15) is 18.0 Å². The van der Waals surface area contributed by atoms with Gasteiger partial charge >= 0.3 is 0 Å². The molecule has 1 heterocycles. The highest BCUT2D eigenvalue weighted by Crippen LogP contribution is 2.44. The van der Waals surface area contributed by atoms with Gasteiger partial charge in [0.25, 0.3) is 0 Å². The van der Waals surface area contributed by atoms with Gasteiger partial charge < -0.3 is 10.6 Å². The van der Waals surface area contributed by atoms with Gasteiger partial charge in [-0.1, -0.05) is 0 Å². The molecule has 1 fully saturated rings. The maximum Gasteiger partial charge on any atom is 0.236 e. The Kier molecular flexibility index (Phi) is 3.35. The zero-order valence-electron chi connectivity index (χ0n) is 10.6. The van der Waals surface area contributed by atoms with Crippen molar-refractivity contribution in [1.82, 2.24) is 4.98 Å². The molecule has 0 radical (unpaired) electrons. The van der Waals surface area contributed by atoms with E-state index >= 15 is 0 Å². The summed E-state index contributed by atoms with van der Waals surface area (Å²) in [6, 6.07) is 4.18. The molecule has 0 spiro atoms. The standard InChI is InChI=1S/C13H13N5O/c1-18(7-11(16)19)13-10(5-15)12(8-2-3-8)9(4-14)6-17-13/h6,8H,2-3,7H2,1H3,(H2,16,19). The Morgan fingerprint density at radius 3 is 2.68 bits per heavy atom. The van der Waals surface area contributed by atoms with Gasteiger partial charge in [0.15, 0.2) is 0 Å². The number of carbonyl (C=O) groups excluding carboxylic acids is 1. The highest BCUT2D eigenvalue weighted by Gasteiger charge is 2.31. The summed E-state index contributed by atoms with van der Waals surface area (Å²) in [5.41, 5.74) is 6.72. The number of aromatic nitrogens is 1. The zero-order chi connectivity index (χ0) is 14.0. The molecule has 6 nitrogen and oxygen atoms in total. The smallest absolute Gasteiger partial charge is 0.236 e. The molecule has 19 heavy (non-hydrogen) atoms. The van der Waals surface area contributed by atoms with Crippen molar-refractivity contribution < 1.29 is 4.79 Å². The van der Waals surface area contributed by atoms with Crippen molar-refractivity contribution in [1.29, 1.82) is 10.5 Å². The second-order valence-electron chi connectivity index (χ2n) is 4.60. The summed E-state index contributed by atoms with van der Waals surface area (Å²) >= 11 is 0. The SMILES string of the molecule is CN(CC(N)=O)c1ncc(C#N)c(C2CC2)c1C#N. The van der Waals surface area contributed by atoms with Crippen molar-refractivity contribution in [2.24, 2.45) is 5.73 Å². The molecule has 1 aliphatic rings. The lowest BCUT2D eigenvalue weighted by atomic mass is 10.00. The minimum absolute atomic E-state index is 0.0162. The van der Waals surface area contributed by atoms with Crippen molar-refractivity contribution in [3.05, 3.63) is 22.9 Å². The third-order valence-electron chi connectivity index (χ3n) is 3.07. The Balaban J connectivity index is 2.51. The Morgan fingerprint density at radius 2 is 2.21 bits per heavy atom. The maximum absolute atomic E-state index is 11.0. The van der Waals surface area contributed by atoms with E-state index in [0.717, 1.165) is 18.4 Å². The van der Waals surface area contributed by atoms with Crippen molar-refractivity contribution in [2.45, 2.75) is 18.8 Å². The average Bonchev–Trinajstić information content (AvgIpc) is 3.20. The lowest BCUT2D eigenvalue weighted by Crippen LogP contribution is -2.31. The zero-order valence-corrected chi connectivity index (χ0v) is 10.6. The monoisotopic (exact) mass is 255 g/mol. The van der Waals surface area contributed by atoms with Crippen molar-refractivity contribution in [3.8, 4) is 12.1 Å². The topological polar surface area (TPSA) is 107 Å². The first-order valence-corrected chi connectivity index (χ1v) is 5.91. The maximum atomic E-state index is 11.0. The molecule has 2 N–H and O–H groups in total. The second kappa shape index (κ2) is 4.95. The van der Waals surface area contributed by atoms with E-state index in [4.69, 9.17) is 11.0 Å². The summed E-state index contributed by atoms with van der Waals surface area (Å²) in [7, 11) is 1.65. The van der Waals surface area contributed by atoms with Crippen LogP contribution in [0.2, 0.25) is 0 Å². The number of nitrogens with two attached hydrogens (primary N) is 1. The van der Waals surface area contributed by atoms with Crippen LogP contribution in [-0.2, 0) is 4.79 Å². The van der Waals surface area contributed by atoms with E-state index in [1.54, 1.807) is 7.05 Å². The molecule has 1 amide bonds. The highest BCUT2D eigenvalue weighted by molar-refractivity contribution is 5.80. The number of anilines is 1. The summed E-state index contributed by atoms with van der Waals surface area (Å²) in [5, 5.41) is 18.4. The molecule has 0 bridgehead atoms. The summed E-state index contributed by atoms with van der Waals surface area (Å²) in [4.78, 5) is 16.6. The number of likely N-dealkylation sites (N-methyl/N-ethyl adjacent to an activating group) is 1. The van der Waals surface area contributed by atoms with Gasteiger partial charge in [-0.3, -0.25) is 4.79 Å². The van der Waals surface area contributed by atoms with Gasteiger partial charge in [-0.2, -0.15) is 10.5 Å². The van der Waals surface area contributed by atoms with E-state index < -0.39 is 5.91 Å². The molecule has 1 aliphatic carbocycles. The predicted octanol–water partition coefficient (Wildman–Crippen LogP) is 0.624. The highest BCUT2D eigenvalue weighted by atomic mass is 16.1. The number of hydrogen-bond acceptors (Lipinski definition) is 5. The number of hydrogen-bond donors (Lipinski definition) is 1. The number of nitriles is 2. The molecule has 0 aromatic carbocycles. The van der Waals surface area contributed by atoms with Crippen LogP contribution in [-0.4, -0.2) is 24.5 Å². The van der Waals surface area contributed by atoms with Crippen LogP contribution < -0.4 is 10.6 Å². The van der Waals surface area contributed by atoms with Crippen LogP contribution in [0.3, 0.4) is 0 Å². The molecule has 1 saturated carbocycles. The molecule has 2 rings (SSSR count). The minimum atomic E-state index is -0.495. The molecular formula is C13H13N5O. The van der Waals surface area contributed by atoms with E-state index in [0.29, 0.717) is 16.9 Å². The first-order chi connectivity index (χ1) is 9.08. The van der Waals surface area contributed by atoms with E-state index in [9.17, 15) is 10.1 Å². The molecule has 96 valence electrons. The summed E-state index contributed by atoms with van der Waals surface area (Å²) < 4.78 is 0. The van der Waals surface area contributed by atoms with E-state index in [2.05, 4.69) is 17.1 Å². The van der Waals surface area contributed by atoms with Crippen LogP contribution in [0, 0.1) is 22.7 Å². The molecule has 6 heteroatoms. The second-order valence-corrected chi connectivity index (χ2v) is 4.60. The summed E-state index contributed by atoms with van der Waals surface area (Å²) in [6.45, 7) is -0.0162. The van der Waals surface area contributed by atoms with Gasteiger partial charge in [0.2, 0.25) is 5.91 Å². The first kappa shape index (κ1) is 12.8. The Morgan fingerprint density at radius 1 is 1.53 bits per heavy atom. The molecule has 1 aromatic heterocycles. The van der Waals surface area contributed by atoms with Gasteiger partial charge in [-0.15, -0.1) is 0 Å². The molecule has 0 unspecified atom stereocenters. The number of nitrogens with zero attached hydrogens (tertiary/aromatic N) is 4. The molecular weight excluding hydrogens is 242 g/mol. The molecule has 1 aromatic rings. The molecule has 0 atom stereocenters. The predicted molar refractivity (Wildman–Crippen MR) is 68.1 cm³/mol. The quantitative estimate of drug-likeness (QED) is 0.848. The van der Waals surface area contributed by atoms with Crippen LogP contribution in [0.1, 0.15) is 35.4 Å². The number of rotatable bonds is 4. The fourth-order valence-electron chi connectivity index (χ4n) is 2.11. The van der Waals surface area contributed by atoms with Crippen molar-refractivity contribution >= 4 is 11.7 Å². The Bertz CT molecular complexity index is 607. The normalized spacial score (nSPS) is 13.4.